The summed E-state index contributed by atoms with van der Waals surface area (Å²) >= 11 is 0. The SMILES string of the molecule is CC#CC(=O)Nc1cccc(-n2c3c(n(-c4ccc(C(=O)Nc5cc(C)ccn5)cc4)c2=O)C(=N)CC(CC)=CN3)c1. The Balaban J connectivity index is 1.57. The van der Waals surface area contributed by atoms with E-state index in [1.54, 1.807) is 67.7 Å². The lowest BCUT2D eigenvalue weighted by Crippen LogP contribution is -2.24. The lowest BCUT2D eigenvalue weighted by atomic mass is 10.1. The number of fused-ring (bicyclic) bond motifs is 1. The second kappa shape index (κ2) is 11.8. The number of hydrogen-bond donors (Lipinski definition) is 4. The Labute approximate surface area is 242 Å². The van der Waals surface area contributed by atoms with Gasteiger partial charge in [0.2, 0.25) is 0 Å². The smallest absolute Gasteiger partial charge is 0.339 e. The molecule has 42 heavy (non-hydrogen) atoms. The van der Waals surface area contributed by atoms with E-state index in [4.69, 9.17) is 5.41 Å². The molecule has 0 bridgehead atoms. The van der Waals surface area contributed by atoms with Gasteiger partial charge in [-0.15, -0.1) is 0 Å². The molecule has 0 fully saturated rings. The molecular formula is C32H29N7O3. The minimum atomic E-state index is -0.462. The van der Waals surface area contributed by atoms with E-state index in [0.29, 0.717) is 46.4 Å². The van der Waals surface area contributed by atoms with Crippen molar-refractivity contribution in [2.24, 2.45) is 0 Å². The summed E-state index contributed by atoms with van der Waals surface area (Å²) in [6, 6.07) is 17.1. The number of allylic oxidation sites excluding steroid dienone is 1. The van der Waals surface area contributed by atoms with Gasteiger partial charge in [-0.25, -0.2) is 14.3 Å². The maximum atomic E-state index is 14.1. The molecule has 210 valence electrons. The summed E-state index contributed by atoms with van der Waals surface area (Å²) in [6.07, 6.45) is 4.57. The first-order chi connectivity index (χ1) is 20.3. The Bertz CT molecular complexity index is 1870. The molecule has 10 nitrogen and oxygen atoms in total. The van der Waals surface area contributed by atoms with Crippen LogP contribution in [-0.4, -0.2) is 31.6 Å². The number of anilines is 3. The zero-order valence-electron chi connectivity index (χ0n) is 23.4. The lowest BCUT2D eigenvalue weighted by molar-refractivity contribution is -0.111. The largest absolute Gasteiger partial charge is 0.346 e. The number of carbonyl (C=O) groups is 2. The van der Waals surface area contributed by atoms with Gasteiger partial charge in [0.05, 0.1) is 17.1 Å². The molecule has 2 amide bonds. The van der Waals surface area contributed by atoms with Crippen LogP contribution in [0.3, 0.4) is 0 Å². The van der Waals surface area contributed by atoms with Crippen LogP contribution in [-0.2, 0) is 4.79 Å². The first-order valence-electron chi connectivity index (χ1n) is 13.4. The summed E-state index contributed by atoms with van der Waals surface area (Å²) in [7, 11) is 0. The van der Waals surface area contributed by atoms with Gasteiger partial charge >= 0.3 is 5.69 Å². The molecule has 4 N–H and O–H groups in total. The fraction of sp³-hybridized carbons (Fsp3) is 0.156. The molecule has 0 spiro atoms. The molecule has 2 aromatic carbocycles. The van der Waals surface area contributed by atoms with Gasteiger partial charge in [-0.2, -0.15) is 0 Å². The molecule has 0 saturated heterocycles. The number of aryl methyl sites for hydroxylation is 1. The molecule has 10 heteroatoms. The van der Waals surface area contributed by atoms with E-state index >= 15 is 0 Å². The number of rotatable bonds is 6. The Kier molecular flexibility index (Phi) is 7.84. The molecule has 0 saturated carbocycles. The van der Waals surface area contributed by atoms with Crippen LogP contribution in [0.5, 0.6) is 0 Å². The Morgan fingerprint density at radius 3 is 2.55 bits per heavy atom. The third-order valence-electron chi connectivity index (χ3n) is 6.76. The van der Waals surface area contributed by atoms with Crippen LogP contribution in [0.2, 0.25) is 0 Å². The maximum absolute atomic E-state index is 14.1. The van der Waals surface area contributed by atoms with Crippen molar-refractivity contribution in [3.05, 3.63) is 106 Å². The van der Waals surface area contributed by atoms with Crippen LogP contribution < -0.4 is 21.6 Å². The summed E-state index contributed by atoms with van der Waals surface area (Å²) in [4.78, 5) is 43.2. The number of nitrogens with zero attached hydrogens (tertiary/aromatic N) is 3. The van der Waals surface area contributed by atoms with Crippen LogP contribution in [0, 0.1) is 24.2 Å². The van der Waals surface area contributed by atoms with Crippen LogP contribution in [0.15, 0.2) is 83.4 Å². The first-order valence-corrected chi connectivity index (χ1v) is 13.4. The highest BCUT2D eigenvalue weighted by molar-refractivity contribution is 6.05. The van der Waals surface area contributed by atoms with E-state index in [0.717, 1.165) is 17.6 Å². The summed E-state index contributed by atoms with van der Waals surface area (Å²) in [6.45, 7) is 5.50. The zero-order chi connectivity index (χ0) is 29.8. The summed E-state index contributed by atoms with van der Waals surface area (Å²) in [5.74, 6) is 5.08. The van der Waals surface area contributed by atoms with Crippen molar-refractivity contribution in [2.45, 2.75) is 33.6 Å². The van der Waals surface area contributed by atoms with Crippen molar-refractivity contribution in [3.8, 4) is 23.2 Å². The van der Waals surface area contributed by atoms with E-state index in [1.807, 2.05) is 26.1 Å². The average molecular weight is 560 g/mol. The molecule has 0 atom stereocenters. The highest BCUT2D eigenvalue weighted by atomic mass is 16.2. The van der Waals surface area contributed by atoms with Crippen molar-refractivity contribution < 1.29 is 9.59 Å². The molecular weight excluding hydrogens is 530 g/mol. The lowest BCUT2D eigenvalue weighted by Gasteiger charge is -2.10. The fourth-order valence-electron chi connectivity index (χ4n) is 4.71. The van der Waals surface area contributed by atoms with Crippen LogP contribution in [0.4, 0.5) is 17.3 Å². The number of hydrogen-bond acceptors (Lipinski definition) is 6. The molecule has 3 heterocycles. The van der Waals surface area contributed by atoms with Crippen LogP contribution in [0.25, 0.3) is 11.4 Å². The zero-order valence-corrected chi connectivity index (χ0v) is 23.4. The Morgan fingerprint density at radius 1 is 1.05 bits per heavy atom. The standard InChI is InChI=1S/C32H29N7O3/c1-4-7-28(40)36-23-8-6-9-25(18-23)39-30-29(26(33)17-21(5-2)19-35-30)38(32(39)42)24-12-10-22(11-13-24)31(41)37-27-16-20(3)14-15-34-27/h6,8-16,18-19,33,35H,5,17H2,1-3H3,(H,36,40)(H,34,37,41). The van der Waals surface area contributed by atoms with Crippen molar-refractivity contribution in [1.82, 2.24) is 14.1 Å². The highest BCUT2D eigenvalue weighted by Crippen LogP contribution is 2.29. The first kappa shape index (κ1) is 27.9. The number of nitrogens with one attached hydrogen (secondary N) is 4. The number of carbonyl (C=O) groups excluding carboxylic acids is 2. The van der Waals surface area contributed by atoms with Gasteiger partial charge in [-0.1, -0.05) is 18.9 Å². The fourth-order valence-corrected chi connectivity index (χ4v) is 4.71. The third-order valence-corrected chi connectivity index (χ3v) is 6.76. The maximum Gasteiger partial charge on any atom is 0.339 e. The molecule has 0 radical (unpaired) electrons. The van der Waals surface area contributed by atoms with Gasteiger partial charge in [-0.3, -0.25) is 14.2 Å². The second-order valence-electron chi connectivity index (χ2n) is 9.71. The van der Waals surface area contributed by atoms with Crippen LogP contribution in [0.1, 0.15) is 48.3 Å². The van der Waals surface area contributed by atoms with E-state index in [9.17, 15) is 14.4 Å². The van der Waals surface area contributed by atoms with Crippen molar-refractivity contribution in [2.75, 3.05) is 16.0 Å². The summed E-state index contributed by atoms with van der Waals surface area (Å²) < 4.78 is 2.94. The number of benzene rings is 2. The molecule has 5 rings (SSSR count). The van der Waals surface area contributed by atoms with Gasteiger partial charge in [0.15, 0.2) is 0 Å². The van der Waals surface area contributed by atoms with E-state index in [1.165, 1.54) is 9.13 Å². The number of imidazole rings is 1. The van der Waals surface area contributed by atoms with Gasteiger partial charge in [0.25, 0.3) is 11.8 Å². The minimum absolute atomic E-state index is 0.272. The van der Waals surface area contributed by atoms with Crippen LogP contribution >= 0.6 is 0 Å². The quantitative estimate of drug-likeness (QED) is 0.246. The monoisotopic (exact) mass is 559 g/mol. The normalized spacial score (nSPS) is 12.2. The summed E-state index contributed by atoms with van der Waals surface area (Å²) in [5.41, 5.74) is 4.10. The topological polar surface area (TPSA) is 134 Å². The van der Waals surface area contributed by atoms with Crippen molar-refractivity contribution >= 4 is 34.8 Å². The second-order valence-corrected chi connectivity index (χ2v) is 9.71. The summed E-state index contributed by atoms with van der Waals surface area (Å²) in [5, 5.41) is 17.7. The van der Waals surface area contributed by atoms with Gasteiger partial charge in [0.1, 0.15) is 17.3 Å². The highest BCUT2D eigenvalue weighted by Gasteiger charge is 2.27. The molecule has 2 aromatic heterocycles. The minimum Gasteiger partial charge on any atom is -0.346 e. The van der Waals surface area contributed by atoms with E-state index in [-0.39, 0.29) is 11.6 Å². The predicted molar refractivity (Wildman–Crippen MR) is 164 cm³/mol. The van der Waals surface area contributed by atoms with Crippen molar-refractivity contribution in [3.63, 3.8) is 0 Å². The molecule has 0 aliphatic carbocycles. The number of aromatic nitrogens is 3. The van der Waals surface area contributed by atoms with Gasteiger partial charge in [-0.05, 0) is 91.9 Å². The Hall–Kier alpha value is -5.69. The van der Waals surface area contributed by atoms with Gasteiger partial charge < -0.3 is 21.4 Å². The van der Waals surface area contributed by atoms with E-state index in [2.05, 4.69) is 32.8 Å². The molecule has 4 aromatic rings. The molecule has 0 unspecified atom stereocenters. The number of pyridine rings is 1. The van der Waals surface area contributed by atoms with E-state index < -0.39 is 11.6 Å². The molecule has 1 aliphatic rings. The number of amides is 2. The van der Waals surface area contributed by atoms with Gasteiger partial charge in [0, 0.05) is 30.1 Å². The third kappa shape index (κ3) is 5.62. The average Bonchev–Trinajstić information content (AvgIpc) is 3.17. The molecule has 1 aliphatic heterocycles. The predicted octanol–water partition coefficient (Wildman–Crippen LogP) is 5.02. The van der Waals surface area contributed by atoms with Crippen molar-refractivity contribution in [1.29, 1.82) is 5.41 Å². The Morgan fingerprint density at radius 2 is 1.83 bits per heavy atom.